The van der Waals surface area contributed by atoms with Crippen molar-refractivity contribution in [3.8, 4) is 0 Å². The Bertz CT molecular complexity index is 586. The van der Waals surface area contributed by atoms with Gasteiger partial charge < -0.3 is 5.32 Å². The molecule has 0 aliphatic rings. The van der Waals surface area contributed by atoms with Crippen molar-refractivity contribution in [2.24, 2.45) is 0 Å². The van der Waals surface area contributed by atoms with Gasteiger partial charge in [-0.3, -0.25) is 0 Å². The summed E-state index contributed by atoms with van der Waals surface area (Å²) >= 11 is 1.23. The van der Waals surface area contributed by atoms with Crippen LogP contribution >= 0.6 is 11.3 Å². The van der Waals surface area contributed by atoms with Gasteiger partial charge in [-0.05, 0) is 7.05 Å². The van der Waals surface area contributed by atoms with E-state index in [1.54, 1.807) is 5.38 Å². The quantitative estimate of drug-likeness (QED) is 0.532. The maximum atomic E-state index is 13.7. The number of nitrogens with zero attached hydrogens (tertiary/aromatic N) is 1. The number of benzene rings is 1. The van der Waals surface area contributed by atoms with E-state index in [0.29, 0.717) is 5.01 Å². The molecule has 2 aromatic rings. The molecule has 0 saturated carbocycles. The van der Waals surface area contributed by atoms with Crippen LogP contribution in [0.5, 0.6) is 0 Å². The van der Waals surface area contributed by atoms with E-state index in [0.717, 1.165) is 0 Å². The lowest BCUT2D eigenvalue weighted by molar-refractivity contribution is 0.358. The average molecular weight is 308 g/mol. The van der Waals surface area contributed by atoms with Crippen LogP contribution < -0.4 is 5.32 Å². The third kappa shape index (κ3) is 2.53. The molecule has 0 bridgehead atoms. The lowest BCUT2D eigenvalue weighted by Crippen LogP contribution is -2.23. The molecule has 2 rings (SSSR count). The van der Waals surface area contributed by atoms with Crippen LogP contribution in [0.15, 0.2) is 11.6 Å². The van der Waals surface area contributed by atoms with Crippen LogP contribution in [0.4, 0.5) is 22.0 Å². The Hall–Kier alpha value is -1.54. The van der Waals surface area contributed by atoms with E-state index in [2.05, 4.69) is 10.3 Å². The zero-order valence-electron chi connectivity index (χ0n) is 10.2. The van der Waals surface area contributed by atoms with Gasteiger partial charge in [-0.15, -0.1) is 11.3 Å². The zero-order chi connectivity index (χ0) is 14.9. The summed E-state index contributed by atoms with van der Waals surface area (Å²) in [6.07, 6.45) is 1.51. The number of nitrogens with one attached hydrogen (secondary N) is 1. The Kier molecular flexibility index (Phi) is 4.34. The van der Waals surface area contributed by atoms with E-state index in [9.17, 15) is 22.0 Å². The molecule has 1 atom stereocenters. The first-order chi connectivity index (χ1) is 9.47. The van der Waals surface area contributed by atoms with Crippen LogP contribution in [-0.2, 0) is 6.42 Å². The minimum atomic E-state index is -2.16. The molecule has 0 amide bonds. The molecule has 8 heteroatoms. The molecular weight excluding hydrogens is 299 g/mol. The normalized spacial score (nSPS) is 12.7. The number of rotatable bonds is 4. The van der Waals surface area contributed by atoms with E-state index >= 15 is 0 Å². The molecule has 1 aromatic carbocycles. The van der Waals surface area contributed by atoms with Crippen LogP contribution in [0.25, 0.3) is 0 Å². The molecule has 0 aliphatic heterocycles. The Morgan fingerprint density at radius 2 is 1.60 bits per heavy atom. The predicted molar refractivity (Wildman–Crippen MR) is 63.9 cm³/mol. The van der Waals surface area contributed by atoms with Crippen molar-refractivity contribution in [3.05, 3.63) is 51.2 Å². The highest BCUT2D eigenvalue weighted by atomic mass is 32.1. The second-order valence-electron chi connectivity index (χ2n) is 3.95. The monoisotopic (exact) mass is 308 g/mol. The molecule has 0 radical (unpaired) electrons. The van der Waals surface area contributed by atoms with Gasteiger partial charge in [0.05, 0.1) is 5.01 Å². The van der Waals surface area contributed by atoms with Gasteiger partial charge in [0.15, 0.2) is 23.3 Å². The molecule has 1 N–H and O–H groups in total. The molecule has 1 unspecified atom stereocenters. The third-order valence-corrected chi connectivity index (χ3v) is 3.60. The lowest BCUT2D eigenvalue weighted by Gasteiger charge is -2.18. The van der Waals surface area contributed by atoms with E-state index < -0.39 is 40.7 Å². The molecule has 1 heterocycles. The van der Waals surface area contributed by atoms with E-state index in [1.165, 1.54) is 24.6 Å². The smallest absolute Gasteiger partial charge is 0.200 e. The number of hydrogen-bond acceptors (Lipinski definition) is 3. The van der Waals surface area contributed by atoms with Crippen molar-refractivity contribution in [2.45, 2.75) is 12.5 Å². The van der Waals surface area contributed by atoms with Gasteiger partial charge in [-0.25, -0.2) is 26.9 Å². The van der Waals surface area contributed by atoms with Crippen molar-refractivity contribution in [1.82, 2.24) is 10.3 Å². The van der Waals surface area contributed by atoms with Crippen LogP contribution in [0.3, 0.4) is 0 Å². The van der Waals surface area contributed by atoms with Gasteiger partial charge >= 0.3 is 0 Å². The van der Waals surface area contributed by atoms with Gasteiger partial charge in [-0.1, -0.05) is 0 Å². The molecule has 1 aromatic heterocycles. The fourth-order valence-corrected chi connectivity index (χ4v) is 2.47. The maximum Gasteiger partial charge on any atom is 0.200 e. The molecule has 0 fully saturated rings. The number of aromatic nitrogens is 1. The van der Waals surface area contributed by atoms with Gasteiger partial charge in [-0.2, -0.15) is 0 Å². The highest BCUT2D eigenvalue weighted by molar-refractivity contribution is 7.09. The van der Waals surface area contributed by atoms with Crippen molar-refractivity contribution in [3.63, 3.8) is 0 Å². The molecule has 108 valence electrons. The maximum absolute atomic E-state index is 13.7. The Morgan fingerprint density at radius 1 is 1.05 bits per heavy atom. The summed E-state index contributed by atoms with van der Waals surface area (Å²) in [6.45, 7) is 0. The summed E-state index contributed by atoms with van der Waals surface area (Å²) in [5.74, 6) is -9.70. The first-order valence-corrected chi connectivity index (χ1v) is 6.42. The summed E-state index contributed by atoms with van der Waals surface area (Å²) in [5.41, 5.74) is -0.876. The van der Waals surface area contributed by atoms with Crippen molar-refractivity contribution in [2.75, 3.05) is 7.05 Å². The summed E-state index contributed by atoms with van der Waals surface area (Å²) in [6, 6.07) is -1.06. The van der Waals surface area contributed by atoms with Crippen LogP contribution in [-0.4, -0.2) is 12.0 Å². The summed E-state index contributed by atoms with van der Waals surface area (Å²) in [5, 5.41) is 4.72. The fourth-order valence-electron chi connectivity index (χ4n) is 1.80. The third-order valence-electron chi connectivity index (χ3n) is 2.80. The second-order valence-corrected chi connectivity index (χ2v) is 4.93. The van der Waals surface area contributed by atoms with Gasteiger partial charge in [0.25, 0.3) is 0 Å². The zero-order valence-corrected chi connectivity index (χ0v) is 11.0. The first-order valence-electron chi connectivity index (χ1n) is 5.54. The van der Waals surface area contributed by atoms with Crippen LogP contribution in [0.2, 0.25) is 0 Å². The van der Waals surface area contributed by atoms with Crippen molar-refractivity contribution in [1.29, 1.82) is 0 Å². The van der Waals surface area contributed by atoms with Gasteiger partial charge in [0, 0.05) is 29.6 Å². The van der Waals surface area contributed by atoms with Gasteiger partial charge in [0.1, 0.15) is 0 Å². The Balaban J connectivity index is 2.49. The standard InChI is InChI=1S/C12H9F5N2S/c1-18-5(4-6-19-2-3-20-6)7-8(13)10(15)12(17)11(16)9(7)14/h2-3,5,18H,4H2,1H3. The predicted octanol–water partition coefficient (Wildman–Crippen LogP) is 3.34. The summed E-state index contributed by atoms with van der Waals surface area (Å²) < 4.78 is 66.7. The number of hydrogen-bond donors (Lipinski definition) is 1. The van der Waals surface area contributed by atoms with E-state index in [-0.39, 0.29) is 6.42 Å². The molecule has 0 saturated heterocycles. The minimum absolute atomic E-state index is 0.0204. The van der Waals surface area contributed by atoms with Crippen molar-refractivity contribution >= 4 is 11.3 Å². The summed E-state index contributed by atoms with van der Waals surface area (Å²) in [7, 11) is 1.37. The average Bonchev–Trinajstić information content (AvgIpc) is 2.95. The largest absolute Gasteiger partial charge is 0.312 e. The van der Waals surface area contributed by atoms with E-state index in [1.807, 2.05) is 0 Å². The number of halogens is 5. The molecular formula is C12H9F5N2S. The highest BCUT2D eigenvalue weighted by Gasteiger charge is 2.30. The van der Waals surface area contributed by atoms with E-state index in [4.69, 9.17) is 0 Å². The fraction of sp³-hybridized carbons (Fsp3) is 0.250. The SMILES string of the molecule is CNC(Cc1nccs1)c1c(F)c(F)c(F)c(F)c1F. The lowest BCUT2D eigenvalue weighted by atomic mass is 10.0. The van der Waals surface area contributed by atoms with Gasteiger partial charge in [0.2, 0.25) is 5.82 Å². The van der Waals surface area contributed by atoms with Crippen LogP contribution in [0.1, 0.15) is 16.6 Å². The summed E-state index contributed by atoms with van der Waals surface area (Å²) in [4.78, 5) is 3.92. The minimum Gasteiger partial charge on any atom is -0.312 e. The number of thiazole rings is 1. The molecule has 0 aliphatic carbocycles. The highest BCUT2D eigenvalue weighted by Crippen LogP contribution is 2.29. The first kappa shape index (κ1) is 14.9. The Morgan fingerprint density at radius 3 is 2.05 bits per heavy atom. The molecule has 2 nitrogen and oxygen atoms in total. The number of likely N-dealkylation sites (N-methyl/N-ethyl adjacent to an activating group) is 1. The molecule has 0 spiro atoms. The van der Waals surface area contributed by atoms with Crippen LogP contribution in [0, 0.1) is 29.1 Å². The van der Waals surface area contributed by atoms with Crippen molar-refractivity contribution < 1.29 is 22.0 Å². The topological polar surface area (TPSA) is 24.9 Å². The molecule has 20 heavy (non-hydrogen) atoms. The Labute approximate surface area is 115 Å². The second kappa shape index (κ2) is 5.84.